The van der Waals surface area contributed by atoms with Crippen LogP contribution >= 0.6 is 0 Å². The lowest BCUT2D eigenvalue weighted by Crippen LogP contribution is -2.57. The molecule has 4 rings (SSSR count). The zero-order chi connectivity index (χ0) is 18.1. The third kappa shape index (κ3) is 2.02. The van der Waals surface area contributed by atoms with E-state index in [9.17, 15) is 14.8 Å². The maximum Gasteiger partial charge on any atom is 0.240 e. The summed E-state index contributed by atoms with van der Waals surface area (Å²) in [4.78, 5) is 27.5. The second-order valence-corrected chi connectivity index (χ2v) is 7.63. The lowest BCUT2D eigenvalue weighted by atomic mass is 9.79. The van der Waals surface area contributed by atoms with E-state index in [-0.39, 0.29) is 24.9 Å². The molecule has 3 aliphatic rings. The standard InChI is InChI=1S/C18H19N3O4/c1-10-6-12(5-4-11(10)7-19)21-15(22)13-14(16(21)23)18(3)9-20(24)8-17(13,2)25-18/h4-6,13-14,24H,8-9H2,1-3H3/t13-,14+,17-,18+. The quantitative estimate of drug-likeness (QED) is 0.772. The first kappa shape index (κ1) is 16.2. The van der Waals surface area contributed by atoms with Gasteiger partial charge in [0.15, 0.2) is 0 Å². The van der Waals surface area contributed by atoms with Crippen LogP contribution in [0.15, 0.2) is 18.2 Å². The summed E-state index contributed by atoms with van der Waals surface area (Å²) in [6.45, 7) is 5.69. The second-order valence-electron chi connectivity index (χ2n) is 7.63. The third-order valence-corrected chi connectivity index (χ3v) is 5.67. The van der Waals surface area contributed by atoms with Crippen molar-refractivity contribution in [3.8, 4) is 6.07 Å². The highest BCUT2D eigenvalue weighted by Gasteiger charge is 2.71. The molecule has 4 atom stereocenters. The summed E-state index contributed by atoms with van der Waals surface area (Å²) in [7, 11) is 0. The monoisotopic (exact) mass is 341 g/mol. The lowest BCUT2D eigenvalue weighted by Gasteiger charge is -2.42. The number of nitrogens with zero attached hydrogens (tertiary/aromatic N) is 3. The van der Waals surface area contributed by atoms with Crippen molar-refractivity contribution in [3.05, 3.63) is 29.3 Å². The molecule has 7 heteroatoms. The fourth-order valence-electron chi connectivity index (χ4n) is 4.77. The summed E-state index contributed by atoms with van der Waals surface area (Å²) in [5.41, 5.74) is -0.108. The smallest absolute Gasteiger partial charge is 0.240 e. The molecular formula is C18H19N3O4. The van der Waals surface area contributed by atoms with Gasteiger partial charge >= 0.3 is 0 Å². The van der Waals surface area contributed by atoms with E-state index in [4.69, 9.17) is 10.00 Å². The Hall–Kier alpha value is -2.27. The van der Waals surface area contributed by atoms with Gasteiger partial charge in [0.05, 0.1) is 53.4 Å². The van der Waals surface area contributed by atoms with Crippen molar-refractivity contribution in [2.75, 3.05) is 18.0 Å². The van der Waals surface area contributed by atoms with E-state index in [1.165, 1.54) is 4.90 Å². The Morgan fingerprint density at radius 1 is 1.20 bits per heavy atom. The number of hydroxylamine groups is 2. The molecule has 0 aliphatic carbocycles. The Labute approximate surface area is 145 Å². The maximum absolute atomic E-state index is 13.1. The highest BCUT2D eigenvalue weighted by molar-refractivity contribution is 6.23. The summed E-state index contributed by atoms with van der Waals surface area (Å²) in [5, 5.41) is 20.2. The topological polar surface area (TPSA) is 93.9 Å². The number of hydrogen-bond donors (Lipinski definition) is 1. The molecule has 2 amide bonds. The van der Waals surface area contributed by atoms with Gasteiger partial charge in [0.25, 0.3) is 0 Å². The predicted molar refractivity (Wildman–Crippen MR) is 86.6 cm³/mol. The van der Waals surface area contributed by atoms with Crippen LogP contribution in [0.2, 0.25) is 0 Å². The van der Waals surface area contributed by atoms with Crippen LogP contribution in [0.5, 0.6) is 0 Å². The van der Waals surface area contributed by atoms with E-state index in [1.807, 2.05) is 0 Å². The zero-order valence-electron chi connectivity index (χ0n) is 14.3. The summed E-state index contributed by atoms with van der Waals surface area (Å²) in [5.74, 6) is -1.86. The van der Waals surface area contributed by atoms with E-state index in [2.05, 4.69) is 6.07 Å². The number of carbonyl (C=O) groups excluding carboxylic acids is 2. The number of fused-ring (bicyclic) bond motifs is 5. The minimum absolute atomic E-state index is 0.184. The fourth-order valence-corrected chi connectivity index (χ4v) is 4.77. The molecule has 3 fully saturated rings. The van der Waals surface area contributed by atoms with Crippen LogP contribution in [0.25, 0.3) is 0 Å². The average molecular weight is 341 g/mol. The van der Waals surface area contributed by atoms with Crippen molar-refractivity contribution in [2.45, 2.75) is 32.0 Å². The van der Waals surface area contributed by atoms with Gasteiger partial charge < -0.3 is 9.94 Å². The Kier molecular flexibility index (Phi) is 3.17. The number of amides is 2. The maximum atomic E-state index is 13.1. The number of imide groups is 1. The third-order valence-electron chi connectivity index (χ3n) is 5.67. The van der Waals surface area contributed by atoms with Crippen LogP contribution in [0.1, 0.15) is 25.0 Å². The normalized spacial score (nSPS) is 37.3. The Balaban J connectivity index is 1.78. The van der Waals surface area contributed by atoms with Crippen LogP contribution in [-0.2, 0) is 14.3 Å². The van der Waals surface area contributed by atoms with Gasteiger partial charge in [-0.1, -0.05) is 0 Å². The van der Waals surface area contributed by atoms with Crippen molar-refractivity contribution < 1.29 is 19.5 Å². The molecule has 25 heavy (non-hydrogen) atoms. The van der Waals surface area contributed by atoms with Crippen LogP contribution in [0.3, 0.4) is 0 Å². The Bertz CT molecular complexity index is 811. The van der Waals surface area contributed by atoms with Gasteiger partial charge in [0.1, 0.15) is 0 Å². The predicted octanol–water partition coefficient (Wildman–Crippen LogP) is 1.22. The van der Waals surface area contributed by atoms with Crippen LogP contribution in [-0.4, -0.2) is 46.4 Å². The van der Waals surface area contributed by atoms with Crippen molar-refractivity contribution in [3.63, 3.8) is 0 Å². The van der Waals surface area contributed by atoms with Crippen molar-refractivity contribution >= 4 is 17.5 Å². The van der Waals surface area contributed by atoms with E-state index in [0.29, 0.717) is 16.8 Å². The fraction of sp³-hybridized carbons (Fsp3) is 0.500. The van der Waals surface area contributed by atoms with Gasteiger partial charge in [-0.25, -0.2) is 4.90 Å². The number of nitriles is 1. The first-order valence-corrected chi connectivity index (χ1v) is 8.23. The molecule has 130 valence electrons. The van der Waals surface area contributed by atoms with Crippen molar-refractivity contribution in [1.82, 2.24) is 5.06 Å². The molecule has 1 N–H and O–H groups in total. The summed E-state index contributed by atoms with van der Waals surface area (Å²) in [6.07, 6.45) is 0. The molecule has 0 saturated carbocycles. The lowest BCUT2D eigenvalue weighted by molar-refractivity contribution is -0.242. The van der Waals surface area contributed by atoms with Crippen molar-refractivity contribution in [1.29, 1.82) is 5.26 Å². The van der Waals surface area contributed by atoms with E-state index in [1.54, 1.807) is 39.0 Å². The number of ether oxygens (including phenoxy) is 1. The second kappa shape index (κ2) is 4.88. The molecule has 0 aromatic heterocycles. The Morgan fingerprint density at radius 3 is 2.24 bits per heavy atom. The average Bonchev–Trinajstić information content (AvgIpc) is 2.87. The minimum atomic E-state index is -0.907. The molecule has 2 bridgehead atoms. The SMILES string of the molecule is Cc1cc(N2C(=O)[C@@H]3[C@H](C2=O)[C@@]2(C)CN(O)C[C@]3(C)O2)ccc1C#N. The van der Waals surface area contributed by atoms with E-state index >= 15 is 0 Å². The number of anilines is 1. The van der Waals surface area contributed by atoms with Gasteiger partial charge in [0.2, 0.25) is 11.8 Å². The first-order chi connectivity index (χ1) is 11.7. The molecular weight excluding hydrogens is 322 g/mol. The van der Waals surface area contributed by atoms with Gasteiger partial charge in [0, 0.05) is 0 Å². The van der Waals surface area contributed by atoms with Crippen molar-refractivity contribution in [2.24, 2.45) is 11.8 Å². The summed E-state index contributed by atoms with van der Waals surface area (Å²) >= 11 is 0. The molecule has 0 unspecified atom stereocenters. The Morgan fingerprint density at radius 2 is 1.76 bits per heavy atom. The van der Waals surface area contributed by atoms with Gasteiger partial charge in [-0.15, -0.1) is 0 Å². The first-order valence-electron chi connectivity index (χ1n) is 8.23. The zero-order valence-corrected chi connectivity index (χ0v) is 14.3. The van der Waals surface area contributed by atoms with Gasteiger partial charge in [-0.05, 0) is 44.5 Å². The number of carbonyl (C=O) groups is 2. The summed E-state index contributed by atoms with van der Waals surface area (Å²) in [6, 6.07) is 7.02. The van der Waals surface area contributed by atoms with Gasteiger partial charge in [-0.3, -0.25) is 9.59 Å². The number of rotatable bonds is 1. The van der Waals surface area contributed by atoms with E-state index < -0.39 is 23.0 Å². The number of hydrogen-bond acceptors (Lipinski definition) is 6. The molecule has 3 aliphatic heterocycles. The van der Waals surface area contributed by atoms with Gasteiger partial charge in [-0.2, -0.15) is 10.3 Å². The van der Waals surface area contributed by atoms with Crippen LogP contribution in [0, 0.1) is 30.1 Å². The molecule has 0 radical (unpaired) electrons. The molecule has 1 aromatic carbocycles. The molecule has 3 heterocycles. The largest absolute Gasteiger partial charge is 0.365 e. The number of benzene rings is 1. The van der Waals surface area contributed by atoms with Crippen LogP contribution in [0.4, 0.5) is 5.69 Å². The molecule has 7 nitrogen and oxygen atoms in total. The minimum Gasteiger partial charge on any atom is -0.365 e. The molecule has 3 saturated heterocycles. The molecule has 1 aromatic rings. The summed E-state index contributed by atoms with van der Waals surface area (Å²) < 4.78 is 6.08. The van der Waals surface area contributed by atoms with Crippen LogP contribution < -0.4 is 4.90 Å². The number of aryl methyl sites for hydroxylation is 1. The highest BCUT2D eigenvalue weighted by atomic mass is 16.6. The number of morpholine rings is 1. The molecule has 0 spiro atoms. The van der Waals surface area contributed by atoms with E-state index in [0.717, 1.165) is 5.06 Å². The highest BCUT2D eigenvalue weighted by Crippen LogP contribution is 2.55.